The minimum absolute atomic E-state index is 0.112. The number of nitrogens with zero attached hydrogens (tertiary/aromatic N) is 3. The Balaban J connectivity index is 1.35. The van der Waals surface area contributed by atoms with E-state index in [2.05, 4.69) is 25.2 Å². The third kappa shape index (κ3) is 4.62. The molecule has 9 heteroatoms. The number of piperidine rings is 1. The molecule has 3 heterocycles. The van der Waals surface area contributed by atoms with Gasteiger partial charge in [-0.25, -0.2) is 18.4 Å². The van der Waals surface area contributed by atoms with Crippen LogP contribution in [0.3, 0.4) is 0 Å². The summed E-state index contributed by atoms with van der Waals surface area (Å²) < 4.78 is 23.4. The molecule has 0 spiro atoms. The molecule has 1 aliphatic heterocycles. The van der Waals surface area contributed by atoms with Crippen molar-refractivity contribution in [2.24, 2.45) is 5.92 Å². The van der Waals surface area contributed by atoms with Gasteiger partial charge in [-0.2, -0.15) is 0 Å². The molecule has 4 rings (SSSR count). The van der Waals surface area contributed by atoms with Crippen LogP contribution in [0.25, 0.3) is 11.0 Å². The lowest BCUT2D eigenvalue weighted by molar-refractivity contribution is -0.118. The van der Waals surface area contributed by atoms with E-state index in [9.17, 15) is 13.2 Å². The van der Waals surface area contributed by atoms with Gasteiger partial charge in [0.1, 0.15) is 17.8 Å². The summed E-state index contributed by atoms with van der Waals surface area (Å²) in [4.78, 5) is 26.9. The molecule has 8 nitrogen and oxygen atoms in total. The third-order valence-corrected chi connectivity index (χ3v) is 6.53. The molecule has 2 aromatic heterocycles. The molecule has 1 aromatic carbocycles. The summed E-state index contributed by atoms with van der Waals surface area (Å²) >= 11 is 0. The molecule has 0 amide bonds. The number of fused-ring (bicyclic) bond motifs is 1. The molecule has 30 heavy (non-hydrogen) atoms. The van der Waals surface area contributed by atoms with Gasteiger partial charge in [0.25, 0.3) is 0 Å². The Bertz CT molecular complexity index is 1160. The molecule has 1 unspecified atom stereocenters. The van der Waals surface area contributed by atoms with Gasteiger partial charge in [0.15, 0.2) is 15.6 Å². The molecule has 1 aliphatic rings. The first-order valence-corrected chi connectivity index (χ1v) is 11.9. The molecule has 0 bridgehead atoms. The van der Waals surface area contributed by atoms with Crippen molar-refractivity contribution in [2.45, 2.75) is 24.2 Å². The van der Waals surface area contributed by atoms with Gasteiger partial charge in [0.05, 0.1) is 16.8 Å². The Labute approximate surface area is 175 Å². The number of aromatic amines is 1. The number of carbonyl (C=O) groups excluding carboxylic acids is 1. The molecule has 0 aliphatic carbocycles. The van der Waals surface area contributed by atoms with Crippen molar-refractivity contribution in [3.63, 3.8) is 0 Å². The number of ketones is 1. The largest absolute Gasteiger partial charge is 0.378 e. The molecule has 2 N–H and O–H groups in total. The average Bonchev–Trinajstić information content (AvgIpc) is 3.21. The SMILES string of the molecule is CS(=O)(=O)c1cccc(NCC(=O)CC2CCCN(c3ncnc4[nH]ccc34)C2)c1. The zero-order valence-electron chi connectivity index (χ0n) is 16.8. The highest BCUT2D eigenvalue weighted by molar-refractivity contribution is 7.90. The van der Waals surface area contributed by atoms with Crippen molar-refractivity contribution >= 4 is 38.2 Å². The van der Waals surface area contributed by atoms with E-state index >= 15 is 0 Å². The second-order valence-corrected chi connectivity index (χ2v) is 9.80. The van der Waals surface area contributed by atoms with Crippen LogP contribution in [0, 0.1) is 5.92 Å². The molecular formula is C21H25N5O3S. The fourth-order valence-electron chi connectivity index (χ4n) is 3.97. The maximum Gasteiger partial charge on any atom is 0.175 e. The zero-order valence-corrected chi connectivity index (χ0v) is 17.7. The van der Waals surface area contributed by atoms with E-state index in [0.29, 0.717) is 12.1 Å². The summed E-state index contributed by atoms with van der Waals surface area (Å²) in [5.41, 5.74) is 1.45. The standard InChI is InChI=1S/C21H25N5O3S/c1-30(28,29)18-6-2-5-16(11-18)23-12-17(27)10-15-4-3-9-26(13-15)21-19-7-8-22-20(19)24-14-25-21/h2,5-8,11,14-15,23H,3-4,9-10,12-13H2,1H3,(H,22,24,25). The van der Waals surface area contributed by atoms with Gasteiger partial charge in [-0.1, -0.05) is 6.07 Å². The van der Waals surface area contributed by atoms with E-state index in [-0.39, 0.29) is 23.1 Å². The summed E-state index contributed by atoms with van der Waals surface area (Å²) in [5.74, 6) is 1.29. The highest BCUT2D eigenvalue weighted by Crippen LogP contribution is 2.28. The molecule has 0 radical (unpaired) electrons. The zero-order chi connectivity index (χ0) is 21.1. The number of aromatic nitrogens is 3. The van der Waals surface area contributed by atoms with Gasteiger partial charge in [0, 0.05) is 37.7 Å². The maximum absolute atomic E-state index is 12.6. The van der Waals surface area contributed by atoms with Crippen molar-refractivity contribution in [3.8, 4) is 0 Å². The van der Waals surface area contributed by atoms with E-state index in [1.54, 1.807) is 30.6 Å². The monoisotopic (exact) mass is 427 g/mol. The Hall–Kier alpha value is -2.94. The van der Waals surface area contributed by atoms with Crippen LogP contribution in [0.15, 0.2) is 47.8 Å². The summed E-state index contributed by atoms with van der Waals surface area (Å²) in [6.07, 6.45) is 7.10. The van der Waals surface area contributed by atoms with Crippen LogP contribution in [0.5, 0.6) is 0 Å². The van der Waals surface area contributed by atoms with Gasteiger partial charge in [0.2, 0.25) is 0 Å². The van der Waals surface area contributed by atoms with Gasteiger partial charge in [-0.3, -0.25) is 4.79 Å². The van der Waals surface area contributed by atoms with Crippen molar-refractivity contribution < 1.29 is 13.2 Å². The number of sulfone groups is 1. The first kappa shape index (κ1) is 20.3. The Kier molecular flexibility index (Phi) is 5.72. The topological polar surface area (TPSA) is 108 Å². The highest BCUT2D eigenvalue weighted by Gasteiger charge is 2.24. The number of hydrogen-bond donors (Lipinski definition) is 2. The lowest BCUT2D eigenvalue weighted by atomic mass is 9.92. The second kappa shape index (κ2) is 8.43. The van der Waals surface area contributed by atoms with E-state index in [0.717, 1.165) is 42.8 Å². The van der Waals surface area contributed by atoms with Crippen LogP contribution >= 0.6 is 0 Å². The number of benzene rings is 1. The third-order valence-electron chi connectivity index (χ3n) is 5.42. The number of Topliss-reactive ketones (excluding diaryl/α,β-unsaturated/α-hetero) is 1. The number of anilines is 2. The number of nitrogens with one attached hydrogen (secondary N) is 2. The fraction of sp³-hybridized carbons (Fsp3) is 0.381. The normalized spacial score (nSPS) is 17.2. The second-order valence-electron chi connectivity index (χ2n) is 7.79. The number of rotatable bonds is 7. The molecule has 158 valence electrons. The van der Waals surface area contributed by atoms with Crippen LogP contribution < -0.4 is 10.2 Å². The highest BCUT2D eigenvalue weighted by atomic mass is 32.2. The minimum Gasteiger partial charge on any atom is -0.378 e. The quantitative estimate of drug-likeness (QED) is 0.597. The van der Waals surface area contributed by atoms with Crippen LogP contribution in [0.1, 0.15) is 19.3 Å². The average molecular weight is 428 g/mol. The molecule has 3 aromatic rings. The van der Waals surface area contributed by atoms with E-state index in [4.69, 9.17) is 0 Å². The van der Waals surface area contributed by atoms with E-state index < -0.39 is 9.84 Å². The van der Waals surface area contributed by atoms with Crippen LogP contribution in [0.4, 0.5) is 11.5 Å². The minimum atomic E-state index is -3.27. The van der Waals surface area contributed by atoms with Gasteiger partial charge < -0.3 is 15.2 Å². The van der Waals surface area contributed by atoms with Crippen molar-refractivity contribution in [1.29, 1.82) is 0 Å². The van der Waals surface area contributed by atoms with Crippen molar-refractivity contribution in [1.82, 2.24) is 15.0 Å². The smallest absolute Gasteiger partial charge is 0.175 e. The van der Waals surface area contributed by atoms with Gasteiger partial charge >= 0.3 is 0 Å². The predicted octanol–water partition coefficient (Wildman–Crippen LogP) is 2.65. The van der Waals surface area contributed by atoms with Crippen LogP contribution in [-0.2, 0) is 14.6 Å². The molecular weight excluding hydrogens is 402 g/mol. The molecule has 1 atom stereocenters. The Morgan fingerprint density at radius 1 is 1.30 bits per heavy atom. The lowest BCUT2D eigenvalue weighted by Gasteiger charge is -2.33. The summed E-state index contributed by atoms with van der Waals surface area (Å²) in [6.45, 7) is 1.88. The first-order valence-electron chi connectivity index (χ1n) is 9.99. The Morgan fingerprint density at radius 2 is 2.17 bits per heavy atom. The molecule has 1 saturated heterocycles. The van der Waals surface area contributed by atoms with Gasteiger partial charge in [-0.15, -0.1) is 0 Å². The van der Waals surface area contributed by atoms with Crippen LogP contribution in [-0.4, -0.2) is 55.0 Å². The van der Waals surface area contributed by atoms with E-state index in [1.807, 2.05) is 12.3 Å². The first-order chi connectivity index (χ1) is 14.4. The van der Waals surface area contributed by atoms with E-state index in [1.165, 1.54) is 6.26 Å². The number of H-pyrrole nitrogens is 1. The fourth-order valence-corrected chi connectivity index (χ4v) is 4.63. The summed E-state index contributed by atoms with van der Waals surface area (Å²) in [6, 6.07) is 8.52. The lowest BCUT2D eigenvalue weighted by Crippen LogP contribution is -2.37. The number of hydrogen-bond acceptors (Lipinski definition) is 7. The Morgan fingerprint density at radius 3 is 3.00 bits per heavy atom. The summed E-state index contributed by atoms with van der Waals surface area (Å²) in [5, 5.41) is 4.05. The molecule has 0 saturated carbocycles. The maximum atomic E-state index is 12.6. The van der Waals surface area contributed by atoms with Crippen molar-refractivity contribution in [3.05, 3.63) is 42.9 Å². The van der Waals surface area contributed by atoms with Crippen molar-refractivity contribution in [2.75, 3.05) is 36.1 Å². The molecule has 1 fully saturated rings. The predicted molar refractivity (Wildman–Crippen MR) is 116 cm³/mol. The number of carbonyl (C=O) groups is 1. The van der Waals surface area contributed by atoms with Gasteiger partial charge in [-0.05, 0) is 43.0 Å². The summed E-state index contributed by atoms with van der Waals surface area (Å²) in [7, 11) is -3.27. The van der Waals surface area contributed by atoms with Crippen LogP contribution in [0.2, 0.25) is 0 Å².